The monoisotopic (exact) mass is 370 g/mol. The van der Waals surface area contributed by atoms with Gasteiger partial charge < -0.3 is 9.88 Å². The maximum atomic E-state index is 13.1. The number of carbonyl (C=O) groups is 3. The van der Waals surface area contributed by atoms with Crippen LogP contribution < -0.4 is 10.1 Å². The molecule has 7 nitrogen and oxygen atoms in total. The average Bonchev–Trinajstić information content (AvgIpc) is 3.12. The van der Waals surface area contributed by atoms with Gasteiger partial charge in [-0.3, -0.25) is 14.5 Å². The van der Waals surface area contributed by atoms with Gasteiger partial charge in [-0.25, -0.2) is 4.79 Å². The Morgan fingerprint density at radius 2 is 2.15 bits per heavy atom. The molecule has 1 aromatic carbocycles. The quantitative estimate of drug-likeness (QED) is 0.809. The predicted octanol–water partition coefficient (Wildman–Crippen LogP) is 1.30. The Morgan fingerprint density at radius 3 is 2.92 bits per heavy atom. The van der Waals surface area contributed by atoms with Crippen LogP contribution in [0.2, 0.25) is 0 Å². The molecule has 4 amide bonds. The van der Waals surface area contributed by atoms with Crippen LogP contribution in [0.1, 0.15) is 24.0 Å². The fourth-order valence-corrected chi connectivity index (χ4v) is 4.41. The van der Waals surface area contributed by atoms with Crippen molar-refractivity contribution >= 4 is 29.2 Å². The van der Waals surface area contributed by atoms with Gasteiger partial charge in [-0.15, -0.1) is 11.3 Å². The third kappa shape index (κ3) is 2.57. The molecule has 2 aromatic rings. The number of carbonyl (C=O) groups excluding carboxylic acids is 3. The van der Waals surface area contributed by atoms with E-state index in [4.69, 9.17) is 0 Å². The Labute approximate surface area is 154 Å². The van der Waals surface area contributed by atoms with Crippen molar-refractivity contribution in [3.05, 3.63) is 51.8 Å². The number of hydrogen-bond acceptors (Lipinski definition) is 4. The van der Waals surface area contributed by atoms with Crippen LogP contribution in [0.3, 0.4) is 0 Å². The zero-order valence-electron chi connectivity index (χ0n) is 14.3. The Balaban J connectivity index is 1.63. The molecule has 1 spiro atoms. The maximum absolute atomic E-state index is 13.1. The number of hydrogen-bond donors (Lipinski definition) is 1. The predicted molar refractivity (Wildman–Crippen MR) is 95.2 cm³/mol. The lowest BCUT2D eigenvalue weighted by atomic mass is 9.76. The first-order valence-corrected chi connectivity index (χ1v) is 9.29. The van der Waals surface area contributed by atoms with Crippen molar-refractivity contribution in [2.24, 2.45) is 12.0 Å². The number of thiazole rings is 1. The van der Waals surface area contributed by atoms with Crippen molar-refractivity contribution in [2.75, 3.05) is 6.54 Å². The summed E-state index contributed by atoms with van der Waals surface area (Å²) < 4.78 is 1.72. The number of rotatable bonds is 2. The van der Waals surface area contributed by atoms with Crippen molar-refractivity contribution in [2.45, 2.75) is 24.8 Å². The Kier molecular flexibility index (Phi) is 3.99. The fourth-order valence-electron chi connectivity index (χ4n) is 3.67. The number of imide groups is 1. The van der Waals surface area contributed by atoms with E-state index in [0.29, 0.717) is 11.2 Å². The van der Waals surface area contributed by atoms with Crippen LogP contribution in [0, 0.1) is 0 Å². The topological polar surface area (TPSA) is 83.8 Å². The summed E-state index contributed by atoms with van der Waals surface area (Å²) in [6.07, 6.45) is 4.01. The van der Waals surface area contributed by atoms with Crippen LogP contribution in [0.4, 0.5) is 4.79 Å². The highest BCUT2D eigenvalue weighted by Gasteiger charge is 2.54. The molecule has 1 aromatic heterocycles. The number of urea groups is 1. The first-order chi connectivity index (χ1) is 12.5. The Morgan fingerprint density at radius 1 is 1.35 bits per heavy atom. The van der Waals surface area contributed by atoms with E-state index in [1.54, 1.807) is 17.8 Å². The van der Waals surface area contributed by atoms with Gasteiger partial charge in [0.05, 0.1) is 0 Å². The van der Waals surface area contributed by atoms with E-state index in [-0.39, 0.29) is 12.5 Å². The number of benzene rings is 1. The average molecular weight is 370 g/mol. The largest absolute Gasteiger partial charge is 0.327 e. The molecule has 1 saturated heterocycles. The van der Waals surface area contributed by atoms with E-state index in [1.807, 2.05) is 29.6 Å². The van der Waals surface area contributed by atoms with E-state index in [9.17, 15) is 14.4 Å². The van der Waals surface area contributed by atoms with E-state index >= 15 is 0 Å². The second-order valence-electron chi connectivity index (χ2n) is 6.54. The Bertz CT molecular complexity index is 977. The molecule has 4 rings (SSSR count). The second kappa shape index (κ2) is 6.21. The van der Waals surface area contributed by atoms with Crippen LogP contribution in [0.25, 0.3) is 0 Å². The molecule has 134 valence electrons. The number of nitrogens with one attached hydrogen (secondary N) is 1. The highest BCUT2D eigenvalue weighted by Crippen LogP contribution is 2.39. The molecule has 1 N–H and O–H groups in total. The zero-order valence-corrected chi connectivity index (χ0v) is 15.1. The maximum Gasteiger partial charge on any atom is 0.325 e. The normalized spacial score (nSPS) is 22.7. The SMILES string of the molecule is Cn1ccsc1=NC(=O)CN1C(=O)NC2(CCCc3ccccc32)C1=O. The summed E-state index contributed by atoms with van der Waals surface area (Å²) in [5.41, 5.74) is 0.844. The molecule has 2 heterocycles. The van der Waals surface area contributed by atoms with Gasteiger partial charge in [0.25, 0.3) is 11.8 Å². The smallest absolute Gasteiger partial charge is 0.325 e. The molecule has 1 unspecified atom stereocenters. The molecule has 0 radical (unpaired) electrons. The molecule has 1 fully saturated rings. The van der Waals surface area contributed by atoms with Crippen molar-refractivity contribution in [3.8, 4) is 0 Å². The molecule has 26 heavy (non-hydrogen) atoms. The number of fused-ring (bicyclic) bond motifs is 2. The van der Waals surface area contributed by atoms with E-state index in [1.165, 1.54) is 11.3 Å². The van der Waals surface area contributed by atoms with Crippen LogP contribution >= 0.6 is 11.3 Å². The lowest BCUT2D eigenvalue weighted by Crippen LogP contribution is -2.46. The summed E-state index contributed by atoms with van der Waals surface area (Å²) >= 11 is 1.32. The summed E-state index contributed by atoms with van der Waals surface area (Å²) in [6, 6.07) is 7.13. The third-order valence-corrected chi connectivity index (χ3v) is 5.77. The minimum atomic E-state index is -1.06. The molecule has 8 heteroatoms. The Hall–Kier alpha value is -2.74. The minimum absolute atomic E-state index is 0.355. The van der Waals surface area contributed by atoms with E-state index in [2.05, 4.69) is 10.3 Å². The standard InChI is InChI=1S/C18H18N4O3S/c1-21-9-10-26-17(21)19-14(23)11-22-15(24)18(20-16(22)25)8-4-6-12-5-2-3-7-13(12)18/h2-3,5,7,9-10H,4,6,8,11H2,1H3,(H,20,25). The summed E-state index contributed by atoms with van der Waals surface area (Å²) in [6.45, 7) is -0.355. The highest BCUT2D eigenvalue weighted by molar-refractivity contribution is 7.07. The molecular formula is C18H18N4O3S. The molecule has 1 aliphatic carbocycles. The van der Waals surface area contributed by atoms with Crippen LogP contribution in [0.5, 0.6) is 0 Å². The summed E-state index contributed by atoms with van der Waals surface area (Å²) in [7, 11) is 1.78. The number of aromatic nitrogens is 1. The van der Waals surface area contributed by atoms with Crippen LogP contribution in [-0.4, -0.2) is 33.9 Å². The molecular weight excluding hydrogens is 352 g/mol. The highest BCUT2D eigenvalue weighted by atomic mass is 32.1. The number of aryl methyl sites for hydroxylation is 2. The van der Waals surface area contributed by atoms with Gasteiger partial charge in [-0.1, -0.05) is 24.3 Å². The van der Waals surface area contributed by atoms with Gasteiger partial charge in [0.15, 0.2) is 4.80 Å². The first-order valence-electron chi connectivity index (χ1n) is 8.41. The van der Waals surface area contributed by atoms with Gasteiger partial charge in [-0.2, -0.15) is 4.99 Å². The van der Waals surface area contributed by atoms with Gasteiger partial charge in [0, 0.05) is 18.6 Å². The molecule has 0 bridgehead atoms. The summed E-state index contributed by atoms with van der Waals surface area (Å²) in [5, 5.41) is 4.66. The molecule has 1 aliphatic heterocycles. The lowest BCUT2D eigenvalue weighted by Gasteiger charge is -2.33. The van der Waals surface area contributed by atoms with Gasteiger partial charge >= 0.3 is 6.03 Å². The van der Waals surface area contributed by atoms with Crippen molar-refractivity contribution in [1.29, 1.82) is 0 Å². The van der Waals surface area contributed by atoms with Crippen LogP contribution in [-0.2, 0) is 28.6 Å². The summed E-state index contributed by atoms with van der Waals surface area (Å²) in [4.78, 5) is 43.4. The van der Waals surface area contributed by atoms with Gasteiger partial charge in [0.1, 0.15) is 12.1 Å². The minimum Gasteiger partial charge on any atom is -0.327 e. The zero-order chi connectivity index (χ0) is 18.3. The van der Waals surface area contributed by atoms with Crippen molar-refractivity contribution in [3.63, 3.8) is 0 Å². The molecule has 0 saturated carbocycles. The van der Waals surface area contributed by atoms with E-state index in [0.717, 1.165) is 28.9 Å². The lowest BCUT2D eigenvalue weighted by molar-refractivity contribution is -0.135. The second-order valence-corrected chi connectivity index (χ2v) is 7.41. The number of nitrogens with zero attached hydrogens (tertiary/aromatic N) is 3. The number of amides is 4. The first kappa shape index (κ1) is 16.7. The molecule has 2 aliphatic rings. The fraction of sp³-hybridized carbons (Fsp3) is 0.333. The van der Waals surface area contributed by atoms with Crippen molar-refractivity contribution in [1.82, 2.24) is 14.8 Å². The van der Waals surface area contributed by atoms with Gasteiger partial charge in [-0.05, 0) is 30.4 Å². The van der Waals surface area contributed by atoms with Gasteiger partial charge in [0.2, 0.25) is 0 Å². The third-order valence-electron chi connectivity index (χ3n) is 4.92. The van der Waals surface area contributed by atoms with Crippen molar-refractivity contribution < 1.29 is 14.4 Å². The van der Waals surface area contributed by atoms with E-state index < -0.39 is 17.5 Å². The van der Waals surface area contributed by atoms with Crippen LogP contribution in [0.15, 0.2) is 40.8 Å². The molecule has 1 atom stereocenters. The summed E-state index contributed by atoms with van der Waals surface area (Å²) in [5.74, 6) is -0.888.